The Morgan fingerprint density at radius 3 is 2.54 bits per heavy atom. The number of benzene rings is 3. The molecule has 2 amide bonds. The summed E-state index contributed by atoms with van der Waals surface area (Å²) in [5.41, 5.74) is 2.67. The van der Waals surface area contributed by atoms with E-state index in [4.69, 9.17) is 18.9 Å². The molecule has 0 saturated heterocycles. The fourth-order valence-corrected chi connectivity index (χ4v) is 3.76. The summed E-state index contributed by atoms with van der Waals surface area (Å²) in [7, 11) is 1.56. The van der Waals surface area contributed by atoms with Gasteiger partial charge in [0.1, 0.15) is 29.1 Å². The number of ether oxygens (including phenoxy) is 4. The maximum Gasteiger partial charge on any atom is 0.262 e. The van der Waals surface area contributed by atoms with Crippen LogP contribution >= 0.6 is 0 Å². The molecule has 8 nitrogen and oxygen atoms in total. The third-order valence-corrected chi connectivity index (χ3v) is 5.39. The molecule has 0 unspecified atom stereocenters. The lowest BCUT2D eigenvalue weighted by Gasteiger charge is -2.14. The summed E-state index contributed by atoms with van der Waals surface area (Å²) in [6.07, 6.45) is 0.901. The largest absolute Gasteiger partial charge is 0.497 e. The number of anilines is 2. The third kappa shape index (κ3) is 6.03. The maximum atomic E-state index is 12.8. The molecule has 0 aromatic heterocycles. The van der Waals surface area contributed by atoms with E-state index in [0.717, 1.165) is 17.7 Å². The Kier molecular flexibility index (Phi) is 7.40. The van der Waals surface area contributed by atoms with Gasteiger partial charge in [-0.25, -0.2) is 0 Å². The van der Waals surface area contributed by atoms with Gasteiger partial charge >= 0.3 is 0 Å². The number of methoxy groups -OCH3 is 1. The van der Waals surface area contributed by atoms with Crippen molar-refractivity contribution >= 4 is 23.2 Å². The molecule has 182 valence electrons. The van der Waals surface area contributed by atoms with Crippen LogP contribution in [0, 0.1) is 0 Å². The molecule has 3 aromatic carbocycles. The van der Waals surface area contributed by atoms with E-state index in [9.17, 15) is 9.59 Å². The first kappa shape index (κ1) is 23.9. The Bertz CT molecular complexity index is 1210. The molecule has 1 atom stereocenters. The van der Waals surface area contributed by atoms with Crippen LogP contribution in [0.3, 0.4) is 0 Å². The number of carbonyl (C=O) groups is 2. The van der Waals surface area contributed by atoms with E-state index in [-0.39, 0.29) is 24.5 Å². The third-order valence-electron chi connectivity index (χ3n) is 5.39. The minimum atomic E-state index is -0.309. The van der Waals surface area contributed by atoms with Crippen LogP contribution in [-0.2, 0) is 11.2 Å². The van der Waals surface area contributed by atoms with Gasteiger partial charge in [-0.15, -0.1) is 0 Å². The molecule has 1 aliphatic rings. The van der Waals surface area contributed by atoms with Crippen molar-refractivity contribution in [3.8, 4) is 23.0 Å². The van der Waals surface area contributed by atoms with Crippen molar-refractivity contribution in [1.82, 2.24) is 0 Å². The normalized spacial score (nSPS) is 13.9. The van der Waals surface area contributed by atoms with Gasteiger partial charge in [0.25, 0.3) is 11.8 Å². The van der Waals surface area contributed by atoms with Gasteiger partial charge in [-0.1, -0.05) is 6.07 Å². The Morgan fingerprint density at radius 2 is 1.80 bits per heavy atom. The maximum absolute atomic E-state index is 12.8. The number of nitrogens with one attached hydrogen (secondary N) is 2. The van der Waals surface area contributed by atoms with Crippen molar-refractivity contribution in [3.05, 3.63) is 71.8 Å². The number of hydrogen-bond acceptors (Lipinski definition) is 6. The van der Waals surface area contributed by atoms with Crippen LogP contribution in [0.1, 0.15) is 29.8 Å². The van der Waals surface area contributed by atoms with E-state index in [0.29, 0.717) is 40.8 Å². The summed E-state index contributed by atoms with van der Waals surface area (Å²) in [5, 5.41) is 5.65. The van der Waals surface area contributed by atoms with E-state index in [1.165, 1.54) is 0 Å². The molecule has 0 radical (unpaired) electrons. The first-order valence-electron chi connectivity index (χ1n) is 11.4. The van der Waals surface area contributed by atoms with E-state index in [1.54, 1.807) is 61.7 Å². The van der Waals surface area contributed by atoms with Gasteiger partial charge in [0, 0.05) is 35.4 Å². The van der Waals surface area contributed by atoms with Crippen LogP contribution in [0.2, 0.25) is 0 Å². The van der Waals surface area contributed by atoms with Gasteiger partial charge in [-0.3, -0.25) is 9.59 Å². The zero-order chi connectivity index (χ0) is 24.8. The van der Waals surface area contributed by atoms with E-state index in [2.05, 4.69) is 10.6 Å². The second-order valence-corrected chi connectivity index (χ2v) is 8.07. The van der Waals surface area contributed by atoms with Gasteiger partial charge in [0.2, 0.25) is 0 Å². The molecule has 4 rings (SSSR count). The van der Waals surface area contributed by atoms with E-state index < -0.39 is 0 Å². The second kappa shape index (κ2) is 10.8. The number of amides is 2. The van der Waals surface area contributed by atoms with Crippen LogP contribution in [0.4, 0.5) is 11.4 Å². The van der Waals surface area contributed by atoms with Crippen molar-refractivity contribution in [3.63, 3.8) is 0 Å². The summed E-state index contributed by atoms with van der Waals surface area (Å²) < 4.78 is 22.2. The van der Waals surface area contributed by atoms with E-state index >= 15 is 0 Å². The average Bonchev–Trinajstić information content (AvgIpc) is 3.22. The SMILES string of the molecule is CCOc1cc2c(cc1NC(=O)c1ccc(OCC(=O)Nc3cccc(OC)c3)cc1)O[C@@H](C)C2. The molecule has 1 heterocycles. The molecule has 0 bridgehead atoms. The Morgan fingerprint density at radius 1 is 1.00 bits per heavy atom. The van der Waals surface area contributed by atoms with Crippen LogP contribution in [0.25, 0.3) is 0 Å². The number of fused-ring (bicyclic) bond motifs is 1. The molecule has 1 aliphatic heterocycles. The summed E-state index contributed by atoms with van der Waals surface area (Å²) in [6.45, 7) is 4.21. The highest BCUT2D eigenvalue weighted by atomic mass is 16.5. The lowest BCUT2D eigenvalue weighted by molar-refractivity contribution is -0.118. The molecule has 8 heteroatoms. The van der Waals surface area contributed by atoms with Gasteiger partial charge in [-0.05, 0) is 56.3 Å². The van der Waals surface area contributed by atoms with Crippen molar-refractivity contribution in [2.45, 2.75) is 26.4 Å². The van der Waals surface area contributed by atoms with Crippen LogP contribution in [0.15, 0.2) is 60.7 Å². The van der Waals surface area contributed by atoms with Crippen LogP contribution in [-0.4, -0.2) is 38.2 Å². The quantitative estimate of drug-likeness (QED) is 0.465. The highest BCUT2D eigenvalue weighted by Crippen LogP contribution is 2.38. The highest BCUT2D eigenvalue weighted by Gasteiger charge is 2.23. The summed E-state index contributed by atoms with van der Waals surface area (Å²) >= 11 is 0. The number of hydrogen-bond donors (Lipinski definition) is 2. The van der Waals surface area contributed by atoms with Crippen LogP contribution < -0.4 is 29.6 Å². The number of carbonyl (C=O) groups excluding carboxylic acids is 2. The zero-order valence-electron chi connectivity index (χ0n) is 19.9. The fraction of sp³-hybridized carbons (Fsp3) is 0.259. The molecule has 0 spiro atoms. The lowest BCUT2D eigenvalue weighted by Crippen LogP contribution is -2.20. The Labute approximate surface area is 204 Å². The summed E-state index contributed by atoms with van der Waals surface area (Å²) in [5.74, 6) is 1.88. The summed E-state index contributed by atoms with van der Waals surface area (Å²) in [6, 6.07) is 17.3. The predicted octanol–water partition coefficient (Wildman–Crippen LogP) is 4.69. The zero-order valence-corrected chi connectivity index (χ0v) is 19.9. The monoisotopic (exact) mass is 476 g/mol. The van der Waals surface area contributed by atoms with Crippen molar-refractivity contribution in [1.29, 1.82) is 0 Å². The minimum absolute atomic E-state index is 0.0931. The first-order chi connectivity index (χ1) is 16.9. The van der Waals surface area contributed by atoms with Crippen molar-refractivity contribution in [2.24, 2.45) is 0 Å². The molecule has 3 aromatic rings. The molecule has 0 fully saturated rings. The fourth-order valence-electron chi connectivity index (χ4n) is 3.76. The molecule has 0 saturated carbocycles. The molecular weight excluding hydrogens is 448 g/mol. The highest BCUT2D eigenvalue weighted by molar-refractivity contribution is 6.05. The smallest absolute Gasteiger partial charge is 0.262 e. The van der Waals surface area contributed by atoms with Gasteiger partial charge in [0.05, 0.1) is 19.4 Å². The molecular formula is C27H28N2O6. The average molecular weight is 477 g/mol. The van der Waals surface area contributed by atoms with Gasteiger partial charge in [0.15, 0.2) is 6.61 Å². The molecule has 35 heavy (non-hydrogen) atoms. The van der Waals surface area contributed by atoms with Crippen LogP contribution in [0.5, 0.6) is 23.0 Å². The standard InChI is InChI=1S/C27H28N2O6/c1-4-33-25-13-19-12-17(2)35-24(19)15-23(25)29-27(31)18-8-10-21(11-9-18)34-16-26(30)28-20-6-5-7-22(14-20)32-3/h5-11,13-15,17H,4,12,16H2,1-3H3,(H,28,30)(H,29,31)/t17-/m0/s1. The lowest BCUT2D eigenvalue weighted by atomic mass is 10.1. The molecule has 2 N–H and O–H groups in total. The van der Waals surface area contributed by atoms with Gasteiger partial charge < -0.3 is 29.6 Å². The number of rotatable bonds is 9. The Balaban J connectivity index is 1.35. The first-order valence-corrected chi connectivity index (χ1v) is 11.4. The second-order valence-electron chi connectivity index (χ2n) is 8.07. The minimum Gasteiger partial charge on any atom is -0.497 e. The predicted molar refractivity (Wildman–Crippen MR) is 133 cm³/mol. The Hall–Kier alpha value is -4.20. The topological polar surface area (TPSA) is 95.1 Å². The van der Waals surface area contributed by atoms with Gasteiger partial charge in [-0.2, -0.15) is 0 Å². The van der Waals surface area contributed by atoms with Crippen molar-refractivity contribution < 1.29 is 28.5 Å². The van der Waals surface area contributed by atoms with Crippen molar-refractivity contribution in [2.75, 3.05) is 31.0 Å². The molecule has 0 aliphatic carbocycles. The summed E-state index contributed by atoms with van der Waals surface area (Å²) in [4.78, 5) is 25.0. The van der Waals surface area contributed by atoms with E-state index in [1.807, 2.05) is 19.9 Å².